The van der Waals surface area contributed by atoms with Crippen LogP contribution < -0.4 is 27.7 Å². The van der Waals surface area contributed by atoms with Gasteiger partial charge in [0.05, 0.1) is 23.9 Å². The van der Waals surface area contributed by atoms with Gasteiger partial charge in [0.25, 0.3) is 10.1 Å². The van der Waals surface area contributed by atoms with Gasteiger partial charge in [-0.05, 0) is 47.2 Å². The fourth-order valence-electron chi connectivity index (χ4n) is 2.97. The molecule has 0 aliphatic rings. The van der Waals surface area contributed by atoms with Gasteiger partial charge in [0.2, 0.25) is 5.91 Å². The van der Waals surface area contributed by atoms with Gasteiger partial charge in [-0.25, -0.2) is 9.79 Å². The van der Waals surface area contributed by atoms with Crippen molar-refractivity contribution in [1.82, 2.24) is 0 Å². The van der Waals surface area contributed by atoms with Crippen molar-refractivity contribution >= 4 is 62.7 Å². The van der Waals surface area contributed by atoms with E-state index >= 15 is 0 Å². The Morgan fingerprint density at radius 2 is 1.53 bits per heavy atom. The van der Waals surface area contributed by atoms with Crippen LogP contribution in [0.4, 0.5) is 5.69 Å². The number of nitrogens with two attached hydrogens (primary N) is 4. The maximum atomic E-state index is 12.6. The van der Waals surface area contributed by atoms with Crippen LogP contribution in [0.5, 0.6) is 5.75 Å². The van der Waals surface area contributed by atoms with Crippen LogP contribution in [0.3, 0.4) is 0 Å². The number of primary amides is 1. The molecule has 0 heterocycles. The fourth-order valence-corrected chi connectivity index (χ4v) is 2.97. The van der Waals surface area contributed by atoms with E-state index in [1.165, 1.54) is 12.1 Å². The summed E-state index contributed by atoms with van der Waals surface area (Å²) in [4.78, 5) is 28.1. The Hall–Kier alpha value is -4.20. The summed E-state index contributed by atoms with van der Waals surface area (Å²) < 4.78 is 31.4. The lowest BCUT2D eigenvalue weighted by Gasteiger charge is -2.13. The first kappa shape index (κ1) is 29.8. The lowest BCUT2D eigenvalue weighted by Crippen LogP contribution is -2.21. The molecule has 0 bridgehead atoms. The van der Waals surface area contributed by atoms with E-state index in [4.69, 9.17) is 37.6 Å². The van der Waals surface area contributed by atoms with E-state index in [0.717, 1.165) is 5.39 Å². The number of carbonyl (C=O) groups excluding carboxylic acids is 2. The number of ether oxygens (including phenoxy) is 1. The summed E-state index contributed by atoms with van der Waals surface area (Å²) in [5.41, 5.74) is 23.4. The third-order valence-electron chi connectivity index (χ3n) is 4.31. The number of esters is 1. The largest absolute Gasteiger partial charge is 0.423 e. The second-order valence-corrected chi connectivity index (χ2v) is 8.71. The summed E-state index contributed by atoms with van der Waals surface area (Å²) in [6.45, 7) is 0. The normalized spacial score (nSPS) is 10.3. The van der Waals surface area contributed by atoms with E-state index in [1.54, 1.807) is 42.5 Å². The van der Waals surface area contributed by atoms with Gasteiger partial charge in [-0.3, -0.25) is 14.8 Å². The van der Waals surface area contributed by atoms with Crippen LogP contribution in [0.25, 0.3) is 10.8 Å². The number of aliphatic imine (C=N–C) groups is 1. The fraction of sp³-hybridized carbons (Fsp3) is 0.0909. The first-order valence-electron chi connectivity index (χ1n) is 9.77. The van der Waals surface area contributed by atoms with Gasteiger partial charge < -0.3 is 27.7 Å². The number of nitrogens with one attached hydrogen (secondary N) is 1. The Morgan fingerprint density at radius 1 is 0.972 bits per heavy atom. The molecule has 0 fully saturated rings. The van der Waals surface area contributed by atoms with Crippen LogP contribution >= 0.6 is 12.4 Å². The highest BCUT2D eigenvalue weighted by Gasteiger charge is 2.16. The van der Waals surface area contributed by atoms with E-state index in [0.29, 0.717) is 28.5 Å². The molecule has 3 rings (SSSR count). The van der Waals surface area contributed by atoms with Crippen LogP contribution in [0, 0.1) is 5.41 Å². The van der Waals surface area contributed by atoms with E-state index in [9.17, 15) is 18.0 Å². The number of hydrogen-bond donors (Lipinski definition) is 6. The highest BCUT2D eigenvalue weighted by Crippen LogP contribution is 2.30. The number of amides is 1. The number of benzene rings is 3. The second-order valence-electron chi connectivity index (χ2n) is 7.24. The maximum absolute atomic E-state index is 12.6. The van der Waals surface area contributed by atoms with Crippen LogP contribution in [0.1, 0.15) is 21.5 Å². The lowest BCUT2D eigenvalue weighted by molar-refractivity contribution is -0.117. The number of nitrogens with zero attached hydrogens (tertiary/aromatic N) is 1. The minimum atomic E-state index is -3.67. The molecule has 0 aromatic heterocycles. The summed E-state index contributed by atoms with van der Waals surface area (Å²) in [6, 6.07) is 14.6. The van der Waals surface area contributed by atoms with Crippen LogP contribution in [0.15, 0.2) is 59.6 Å². The molecule has 0 atom stereocenters. The quantitative estimate of drug-likeness (QED) is 0.0870. The summed E-state index contributed by atoms with van der Waals surface area (Å²) >= 11 is 0. The number of halogens is 1. The SMILES string of the molecule is CS(=O)(=O)O.Cl.N=C(N)c1ccc2c(CC(N)=O)c(OC(=O)c3ccc(N=C(N)N)cc3)ccc2c1. The van der Waals surface area contributed by atoms with Crippen molar-refractivity contribution in [2.24, 2.45) is 27.9 Å². The third kappa shape index (κ3) is 9.21. The highest BCUT2D eigenvalue weighted by molar-refractivity contribution is 7.85. The molecule has 1 amide bonds. The average Bonchev–Trinajstić information content (AvgIpc) is 2.73. The Balaban J connectivity index is 0.000000983. The van der Waals surface area contributed by atoms with Gasteiger partial charge in [-0.1, -0.05) is 18.2 Å². The molecule has 0 spiro atoms. The van der Waals surface area contributed by atoms with E-state index < -0.39 is 22.0 Å². The summed E-state index contributed by atoms with van der Waals surface area (Å²) in [5, 5.41) is 8.98. The molecule has 0 unspecified atom stereocenters. The number of rotatable bonds is 6. The maximum Gasteiger partial charge on any atom is 0.343 e. The van der Waals surface area contributed by atoms with Crippen molar-refractivity contribution in [2.45, 2.75) is 6.42 Å². The van der Waals surface area contributed by atoms with Crippen molar-refractivity contribution in [1.29, 1.82) is 5.41 Å². The molecule has 0 aliphatic heterocycles. The molecule has 3 aromatic rings. The Labute approximate surface area is 213 Å². The zero-order valence-corrected chi connectivity index (χ0v) is 20.6. The van der Waals surface area contributed by atoms with Crippen molar-refractivity contribution in [3.8, 4) is 5.75 Å². The van der Waals surface area contributed by atoms with Crippen molar-refractivity contribution in [3.63, 3.8) is 0 Å². The number of fused-ring (bicyclic) bond motifs is 1. The van der Waals surface area contributed by atoms with Crippen molar-refractivity contribution < 1.29 is 27.3 Å². The van der Waals surface area contributed by atoms with Crippen LogP contribution in [-0.2, 0) is 21.3 Å². The topological polar surface area (TPSA) is 238 Å². The van der Waals surface area contributed by atoms with Gasteiger partial charge in [0, 0.05) is 11.1 Å². The van der Waals surface area contributed by atoms with Gasteiger partial charge in [-0.2, -0.15) is 8.42 Å². The Kier molecular flexibility index (Phi) is 10.3. The zero-order valence-electron chi connectivity index (χ0n) is 19.0. The molecule has 12 nitrogen and oxygen atoms in total. The molecular weight excluding hydrogens is 512 g/mol. The predicted molar refractivity (Wildman–Crippen MR) is 139 cm³/mol. The van der Waals surface area contributed by atoms with Gasteiger partial charge >= 0.3 is 5.97 Å². The summed E-state index contributed by atoms with van der Waals surface area (Å²) in [5.74, 6) is -1.14. The van der Waals surface area contributed by atoms with Gasteiger partial charge in [0.15, 0.2) is 5.96 Å². The molecule has 0 radical (unpaired) electrons. The number of amidine groups is 1. The highest BCUT2D eigenvalue weighted by atomic mass is 35.5. The van der Waals surface area contributed by atoms with Crippen LogP contribution in [0.2, 0.25) is 0 Å². The smallest absolute Gasteiger partial charge is 0.343 e. The Bertz CT molecular complexity index is 1410. The molecule has 14 heteroatoms. The van der Waals surface area contributed by atoms with E-state index in [2.05, 4.69) is 4.99 Å². The van der Waals surface area contributed by atoms with Gasteiger partial charge in [0.1, 0.15) is 11.6 Å². The number of hydrogen-bond acceptors (Lipinski definition) is 7. The van der Waals surface area contributed by atoms with Crippen molar-refractivity contribution in [3.05, 3.63) is 71.3 Å². The molecule has 0 aliphatic carbocycles. The molecule has 3 aromatic carbocycles. The Morgan fingerprint density at radius 3 is 2.03 bits per heavy atom. The first-order chi connectivity index (χ1) is 16.2. The zero-order chi connectivity index (χ0) is 26.3. The predicted octanol–water partition coefficient (Wildman–Crippen LogP) is 1.20. The minimum Gasteiger partial charge on any atom is -0.423 e. The molecule has 0 saturated carbocycles. The monoisotopic (exact) mass is 536 g/mol. The second kappa shape index (κ2) is 12.5. The molecule has 36 heavy (non-hydrogen) atoms. The summed E-state index contributed by atoms with van der Waals surface area (Å²) in [6.07, 6.45) is 0.593. The lowest BCUT2D eigenvalue weighted by atomic mass is 9.98. The van der Waals surface area contributed by atoms with Gasteiger partial charge in [-0.15, -0.1) is 12.4 Å². The van der Waals surface area contributed by atoms with E-state index in [1.807, 2.05) is 0 Å². The molecule has 0 saturated heterocycles. The first-order valence-corrected chi connectivity index (χ1v) is 11.6. The average molecular weight is 537 g/mol. The minimum absolute atomic E-state index is 0. The third-order valence-corrected chi connectivity index (χ3v) is 4.31. The standard InChI is InChI=1S/C21H20N6O3.CH4O3S.ClH/c22-18(28)10-16-15-7-3-13(19(23)24)9-12(15)4-8-17(16)30-20(29)11-1-5-14(6-2-11)27-21(25)26;1-5(2,3)4;/h1-9H,10H2,(H2,22,28)(H3,23,24)(H4,25,26,27);1H3,(H,2,3,4);1H. The van der Waals surface area contributed by atoms with Crippen molar-refractivity contribution in [2.75, 3.05) is 6.26 Å². The molecular formula is C22H25ClN6O6S. The number of nitrogen functional groups attached to an aromatic ring is 1. The van der Waals surface area contributed by atoms with E-state index in [-0.39, 0.29) is 41.9 Å². The molecule has 10 N–H and O–H groups in total. The molecule has 192 valence electrons. The number of carbonyl (C=O) groups is 2. The summed E-state index contributed by atoms with van der Waals surface area (Å²) in [7, 11) is -3.67. The van der Waals surface area contributed by atoms with Crippen LogP contribution in [-0.4, -0.2) is 42.9 Å². The number of guanidine groups is 1.